The highest BCUT2D eigenvalue weighted by Crippen LogP contribution is 2.23. The zero-order valence-corrected chi connectivity index (χ0v) is 11.5. The lowest BCUT2D eigenvalue weighted by molar-refractivity contribution is -0.120. The molecule has 0 bridgehead atoms. The fourth-order valence-corrected chi connectivity index (χ4v) is 1.79. The molecule has 100 valence electrons. The maximum Gasteiger partial charge on any atom is 0.233 e. The number of carbonyl (C=O) groups excluding carboxylic acids is 1. The van der Waals surface area contributed by atoms with Crippen molar-refractivity contribution in [2.24, 2.45) is 0 Å². The Morgan fingerprint density at radius 2 is 2.22 bits per heavy atom. The molecule has 0 aliphatic rings. The minimum Gasteiger partial charge on any atom is -0.494 e. The second-order valence-corrected chi connectivity index (χ2v) is 4.25. The lowest BCUT2D eigenvalue weighted by Crippen LogP contribution is -2.33. The average molecular weight is 271 g/mol. The van der Waals surface area contributed by atoms with Crippen molar-refractivity contribution in [2.75, 3.05) is 26.7 Å². The number of hydrogen-bond acceptors (Lipinski definition) is 3. The van der Waals surface area contributed by atoms with Crippen molar-refractivity contribution in [1.82, 2.24) is 10.6 Å². The minimum absolute atomic E-state index is 0.0162. The lowest BCUT2D eigenvalue weighted by atomic mass is 10.1. The number of rotatable bonds is 7. The summed E-state index contributed by atoms with van der Waals surface area (Å²) in [6.07, 6.45) is 0.700. The van der Waals surface area contributed by atoms with Gasteiger partial charge in [-0.15, -0.1) is 0 Å². The summed E-state index contributed by atoms with van der Waals surface area (Å²) < 4.78 is 5.51. The van der Waals surface area contributed by atoms with Crippen molar-refractivity contribution >= 4 is 17.5 Å². The standard InChI is InChI=1S/C13H19ClN2O2/c1-3-18-12-5-4-11(14)8-10(12)6-7-16-13(17)9-15-2/h4-5,8,15H,3,6-7,9H2,1-2H3,(H,16,17). The molecule has 0 fully saturated rings. The molecule has 0 spiro atoms. The number of likely N-dealkylation sites (N-methyl/N-ethyl adjacent to an activating group) is 1. The summed E-state index contributed by atoms with van der Waals surface area (Å²) in [4.78, 5) is 11.3. The first-order valence-electron chi connectivity index (χ1n) is 6.00. The van der Waals surface area contributed by atoms with Crippen molar-refractivity contribution in [3.8, 4) is 5.75 Å². The van der Waals surface area contributed by atoms with Crippen LogP contribution in [0.4, 0.5) is 0 Å². The van der Waals surface area contributed by atoms with E-state index in [9.17, 15) is 4.79 Å². The summed E-state index contributed by atoms with van der Waals surface area (Å²) >= 11 is 5.96. The Kier molecular flexibility index (Phi) is 6.54. The van der Waals surface area contributed by atoms with Gasteiger partial charge in [0.2, 0.25) is 5.91 Å². The third kappa shape index (κ3) is 4.94. The molecule has 0 saturated heterocycles. The molecule has 1 aromatic carbocycles. The maximum atomic E-state index is 11.3. The number of carbonyl (C=O) groups is 1. The Morgan fingerprint density at radius 1 is 1.44 bits per heavy atom. The van der Waals surface area contributed by atoms with Gasteiger partial charge in [-0.3, -0.25) is 4.79 Å². The van der Waals surface area contributed by atoms with Gasteiger partial charge in [0.05, 0.1) is 13.2 Å². The molecule has 4 nitrogen and oxygen atoms in total. The summed E-state index contributed by atoms with van der Waals surface area (Å²) in [6, 6.07) is 5.53. The van der Waals surface area contributed by atoms with E-state index in [-0.39, 0.29) is 5.91 Å². The molecule has 1 aromatic rings. The fourth-order valence-electron chi connectivity index (χ4n) is 1.60. The summed E-state index contributed by atoms with van der Waals surface area (Å²) in [5.41, 5.74) is 1.01. The predicted octanol–water partition coefficient (Wildman–Crippen LogP) is 1.62. The summed E-state index contributed by atoms with van der Waals surface area (Å²) in [5, 5.41) is 6.30. The van der Waals surface area contributed by atoms with Gasteiger partial charge in [-0.1, -0.05) is 11.6 Å². The molecule has 0 aliphatic heterocycles. The number of hydrogen-bond donors (Lipinski definition) is 2. The van der Waals surface area contributed by atoms with Crippen LogP contribution in [-0.4, -0.2) is 32.7 Å². The Labute approximate surface area is 113 Å². The van der Waals surface area contributed by atoms with Crippen LogP contribution in [0.25, 0.3) is 0 Å². The number of halogens is 1. The molecule has 0 radical (unpaired) electrons. The average Bonchev–Trinajstić information content (AvgIpc) is 2.33. The molecule has 0 aromatic heterocycles. The first-order valence-corrected chi connectivity index (χ1v) is 6.37. The van der Waals surface area contributed by atoms with Gasteiger partial charge in [0.1, 0.15) is 5.75 Å². The molecule has 0 aliphatic carbocycles. The first kappa shape index (κ1) is 14.8. The SMILES string of the molecule is CCOc1ccc(Cl)cc1CCNC(=O)CNC. The molecule has 18 heavy (non-hydrogen) atoms. The van der Waals surface area contributed by atoms with Crippen LogP contribution >= 0.6 is 11.6 Å². The predicted molar refractivity (Wildman–Crippen MR) is 73.3 cm³/mol. The smallest absolute Gasteiger partial charge is 0.233 e. The molecule has 5 heteroatoms. The Balaban J connectivity index is 2.54. The van der Waals surface area contributed by atoms with Crippen LogP contribution in [0.2, 0.25) is 5.02 Å². The van der Waals surface area contributed by atoms with Crippen LogP contribution in [0.15, 0.2) is 18.2 Å². The van der Waals surface area contributed by atoms with E-state index in [1.165, 1.54) is 0 Å². The van der Waals surface area contributed by atoms with Crippen molar-refractivity contribution in [3.63, 3.8) is 0 Å². The van der Waals surface area contributed by atoms with E-state index in [4.69, 9.17) is 16.3 Å². The van der Waals surface area contributed by atoms with Crippen LogP contribution in [0.1, 0.15) is 12.5 Å². The molecule has 1 rings (SSSR count). The minimum atomic E-state index is -0.0162. The third-order valence-corrected chi connectivity index (χ3v) is 2.61. The summed E-state index contributed by atoms with van der Waals surface area (Å²) in [5.74, 6) is 0.808. The Morgan fingerprint density at radius 3 is 2.89 bits per heavy atom. The second-order valence-electron chi connectivity index (χ2n) is 3.82. The third-order valence-electron chi connectivity index (χ3n) is 2.38. The fraction of sp³-hybridized carbons (Fsp3) is 0.462. The Bertz CT molecular complexity index is 397. The summed E-state index contributed by atoms with van der Waals surface area (Å²) in [7, 11) is 1.74. The van der Waals surface area contributed by atoms with Gasteiger partial charge in [0, 0.05) is 11.6 Å². The highest BCUT2D eigenvalue weighted by Gasteiger charge is 2.05. The molecular weight excluding hydrogens is 252 g/mol. The van der Waals surface area contributed by atoms with Gasteiger partial charge >= 0.3 is 0 Å². The van der Waals surface area contributed by atoms with E-state index in [0.717, 1.165) is 11.3 Å². The number of ether oxygens (including phenoxy) is 1. The quantitative estimate of drug-likeness (QED) is 0.792. The van der Waals surface area contributed by atoms with Gasteiger partial charge in [0.15, 0.2) is 0 Å². The van der Waals surface area contributed by atoms with Crippen LogP contribution in [0.5, 0.6) is 5.75 Å². The molecule has 2 N–H and O–H groups in total. The van der Waals surface area contributed by atoms with Gasteiger partial charge in [-0.25, -0.2) is 0 Å². The number of amides is 1. The number of nitrogens with one attached hydrogen (secondary N) is 2. The zero-order chi connectivity index (χ0) is 13.4. The summed E-state index contributed by atoms with van der Waals surface area (Å²) in [6.45, 7) is 3.45. The maximum absolute atomic E-state index is 11.3. The Hall–Kier alpha value is -1.26. The topological polar surface area (TPSA) is 50.4 Å². The van der Waals surface area contributed by atoms with E-state index < -0.39 is 0 Å². The van der Waals surface area contributed by atoms with Crippen LogP contribution in [-0.2, 0) is 11.2 Å². The normalized spacial score (nSPS) is 10.2. The largest absolute Gasteiger partial charge is 0.494 e. The van der Waals surface area contributed by atoms with Crippen molar-refractivity contribution < 1.29 is 9.53 Å². The van der Waals surface area contributed by atoms with E-state index in [1.54, 1.807) is 13.1 Å². The van der Waals surface area contributed by atoms with Crippen LogP contribution in [0.3, 0.4) is 0 Å². The van der Waals surface area contributed by atoms with Gasteiger partial charge in [-0.2, -0.15) is 0 Å². The molecule has 0 unspecified atom stereocenters. The molecule has 1 amide bonds. The van der Waals surface area contributed by atoms with Crippen molar-refractivity contribution in [1.29, 1.82) is 0 Å². The van der Waals surface area contributed by atoms with Crippen molar-refractivity contribution in [3.05, 3.63) is 28.8 Å². The van der Waals surface area contributed by atoms with E-state index >= 15 is 0 Å². The lowest BCUT2D eigenvalue weighted by Gasteiger charge is -2.11. The molecule has 0 heterocycles. The van der Waals surface area contributed by atoms with E-state index in [2.05, 4.69) is 10.6 Å². The van der Waals surface area contributed by atoms with Gasteiger partial charge in [0.25, 0.3) is 0 Å². The molecule has 0 saturated carbocycles. The van der Waals surface area contributed by atoms with Crippen LogP contribution < -0.4 is 15.4 Å². The van der Waals surface area contributed by atoms with Gasteiger partial charge < -0.3 is 15.4 Å². The van der Waals surface area contributed by atoms with E-state index in [1.807, 2.05) is 19.1 Å². The highest BCUT2D eigenvalue weighted by molar-refractivity contribution is 6.30. The monoisotopic (exact) mass is 270 g/mol. The zero-order valence-electron chi connectivity index (χ0n) is 10.8. The van der Waals surface area contributed by atoms with Crippen LogP contribution in [0, 0.1) is 0 Å². The molecular formula is C13H19ClN2O2. The highest BCUT2D eigenvalue weighted by atomic mass is 35.5. The second kappa shape index (κ2) is 7.95. The molecule has 0 atom stereocenters. The first-order chi connectivity index (χ1) is 8.67. The number of benzene rings is 1. The van der Waals surface area contributed by atoms with E-state index in [0.29, 0.717) is 31.1 Å². The van der Waals surface area contributed by atoms with Crippen molar-refractivity contribution in [2.45, 2.75) is 13.3 Å². The van der Waals surface area contributed by atoms with Gasteiger partial charge in [-0.05, 0) is 44.2 Å².